The first-order chi connectivity index (χ1) is 13.9. The van der Waals surface area contributed by atoms with Gasteiger partial charge < -0.3 is 14.8 Å². The number of carbonyl (C=O) groups is 3. The molecule has 2 rings (SSSR count). The largest absolute Gasteiger partial charge is 0.449 e. The molecule has 30 heavy (non-hydrogen) atoms. The lowest BCUT2D eigenvalue weighted by atomic mass is 10.2. The Hall–Kier alpha value is -3.49. The quantitative estimate of drug-likeness (QED) is 0.695. The van der Waals surface area contributed by atoms with Crippen molar-refractivity contribution in [2.45, 2.75) is 39.4 Å². The summed E-state index contributed by atoms with van der Waals surface area (Å²) >= 11 is 0. The van der Waals surface area contributed by atoms with Crippen molar-refractivity contribution < 1.29 is 32.6 Å². The van der Waals surface area contributed by atoms with Gasteiger partial charge in [0.05, 0.1) is 11.3 Å². The molecule has 0 aliphatic rings. The SMILES string of the molecule is C[C@H](OC(=O)c1ccc(NC(=O)OC(C)(C)C)cc1)C(=O)Nc1ccc(F)cc1F. The molecular formula is C21H22F2N2O5. The average molecular weight is 420 g/mol. The first-order valence-corrected chi connectivity index (χ1v) is 9.01. The third-order valence-electron chi connectivity index (χ3n) is 3.61. The highest BCUT2D eigenvalue weighted by atomic mass is 19.1. The van der Waals surface area contributed by atoms with Gasteiger partial charge >= 0.3 is 12.1 Å². The number of nitrogens with one attached hydrogen (secondary N) is 2. The maximum Gasteiger partial charge on any atom is 0.412 e. The monoisotopic (exact) mass is 420 g/mol. The van der Waals surface area contributed by atoms with E-state index in [-0.39, 0.29) is 11.3 Å². The third kappa shape index (κ3) is 6.84. The van der Waals surface area contributed by atoms with Crippen LogP contribution in [-0.4, -0.2) is 29.7 Å². The van der Waals surface area contributed by atoms with E-state index in [1.165, 1.54) is 31.2 Å². The third-order valence-corrected chi connectivity index (χ3v) is 3.61. The van der Waals surface area contributed by atoms with Crippen molar-refractivity contribution in [3.05, 3.63) is 59.7 Å². The predicted molar refractivity (Wildman–Crippen MR) is 106 cm³/mol. The highest BCUT2D eigenvalue weighted by Gasteiger charge is 2.21. The minimum absolute atomic E-state index is 0.136. The minimum Gasteiger partial charge on any atom is -0.449 e. The summed E-state index contributed by atoms with van der Waals surface area (Å²) in [4.78, 5) is 36.0. The molecule has 9 heteroatoms. The van der Waals surface area contributed by atoms with Crippen molar-refractivity contribution in [3.63, 3.8) is 0 Å². The number of benzene rings is 2. The molecule has 0 aromatic heterocycles. The van der Waals surface area contributed by atoms with Crippen LogP contribution < -0.4 is 10.6 Å². The summed E-state index contributed by atoms with van der Waals surface area (Å²) < 4.78 is 36.7. The van der Waals surface area contributed by atoms with E-state index in [9.17, 15) is 23.2 Å². The average Bonchev–Trinajstić information content (AvgIpc) is 2.62. The Balaban J connectivity index is 1.93. The lowest BCUT2D eigenvalue weighted by Gasteiger charge is -2.19. The summed E-state index contributed by atoms with van der Waals surface area (Å²) in [6.45, 7) is 6.50. The van der Waals surface area contributed by atoms with Crippen LogP contribution in [0.3, 0.4) is 0 Å². The van der Waals surface area contributed by atoms with Crippen LogP contribution in [0.5, 0.6) is 0 Å². The second-order valence-corrected chi connectivity index (χ2v) is 7.37. The summed E-state index contributed by atoms with van der Waals surface area (Å²) in [5.74, 6) is -3.30. The van der Waals surface area contributed by atoms with Gasteiger partial charge in [0, 0.05) is 11.8 Å². The zero-order valence-corrected chi connectivity index (χ0v) is 16.9. The van der Waals surface area contributed by atoms with Gasteiger partial charge in [-0.15, -0.1) is 0 Å². The molecule has 0 aliphatic heterocycles. The van der Waals surface area contributed by atoms with Crippen LogP contribution >= 0.6 is 0 Å². The summed E-state index contributed by atoms with van der Waals surface area (Å²) in [6.07, 6.45) is -1.88. The molecule has 0 unspecified atom stereocenters. The van der Waals surface area contributed by atoms with Gasteiger partial charge in [0.15, 0.2) is 6.10 Å². The molecule has 0 bridgehead atoms. The smallest absolute Gasteiger partial charge is 0.412 e. The molecule has 0 spiro atoms. The number of carbonyl (C=O) groups excluding carboxylic acids is 3. The van der Waals surface area contributed by atoms with Crippen molar-refractivity contribution >= 4 is 29.3 Å². The molecule has 0 radical (unpaired) electrons. The molecule has 0 aliphatic carbocycles. The number of esters is 1. The van der Waals surface area contributed by atoms with Crippen molar-refractivity contribution in [1.82, 2.24) is 0 Å². The van der Waals surface area contributed by atoms with Crippen LogP contribution in [0, 0.1) is 11.6 Å². The minimum atomic E-state index is -1.23. The van der Waals surface area contributed by atoms with Crippen molar-refractivity contribution in [1.29, 1.82) is 0 Å². The number of amides is 2. The Morgan fingerprint density at radius 3 is 2.17 bits per heavy atom. The van der Waals surface area contributed by atoms with E-state index >= 15 is 0 Å². The molecule has 7 nitrogen and oxygen atoms in total. The Bertz CT molecular complexity index is 939. The highest BCUT2D eigenvalue weighted by molar-refractivity contribution is 5.97. The zero-order valence-electron chi connectivity index (χ0n) is 16.9. The van der Waals surface area contributed by atoms with Gasteiger partial charge in [-0.2, -0.15) is 0 Å². The Morgan fingerprint density at radius 1 is 0.967 bits per heavy atom. The number of ether oxygens (including phenoxy) is 2. The van der Waals surface area contributed by atoms with Gasteiger partial charge in [-0.25, -0.2) is 18.4 Å². The molecule has 160 valence electrons. The maximum absolute atomic E-state index is 13.6. The van der Waals surface area contributed by atoms with E-state index in [0.29, 0.717) is 11.8 Å². The molecule has 2 aromatic carbocycles. The summed E-state index contributed by atoms with van der Waals surface area (Å²) in [6, 6.07) is 8.42. The topological polar surface area (TPSA) is 93.7 Å². The molecule has 0 saturated heterocycles. The molecule has 1 atom stereocenters. The van der Waals surface area contributed by atoms with E-state index < -0.39 is 41.3 Å². The second-order valence-electron chi connectivity index (χ2n) is 7.37. The van der Waals surface area contributed by atoms with Crippen LogP contribution in [0.15, 0.2) is 42.5 Å². The van der Waals surface area contributed by atoms with E-state index in [0.717, 1.165) is 12.1 Å². The Labute approximate surface area is 172 Å². The molecule has 0 fully saturated rings. The first kappa shape index (κ1) is 22.8. The van der Waals surface area contributed by atoms with Gasteiger partial charge in [-0.3, -0.25) is 10.1 Å². The number of hydrogen-bond donors (Lipinski definition) is 2. The van der Waals surface area contributed by atoms with E-state index in [1.54, 1.807) is 20.8 Å². The second kappa shape index (κ2) is 9.34. The zero-order chi connectivity index (χ0) is 22.5. The Kier molecular flexibility index (Phi) is 7.10. The summed E-state index contributed by atoms with van der Waals surface area (Å²) in [7, 11) is 0. The summed E-state index contributed by atoms with van der Waals surface area (Å²) in [5.41, 5.74) is -0.348. The standard InChI is InChI=1S/C21H22F2N2O5/c1-12(18(26)25-17-10-7-14(22)11-16(17)23)29-19(27)13-5-8-15(9-6-13)24-20(28)30-21(2,3)4/h5-12H,1-4H3,(H,24,28)(H,25,26)/t12-/m0/s1. The van der Waals surface area contributed by atoms with Gasteiger partial charge in [0.1, 0.15) is 17.2 Å². The molecule has 0 heterocycles. The number of anilines is 2. The van der Waals surface area contributed by atoms with Crippen LogP contribution in [-0.2, 0) is 14.3 Å². The normalized spacial score (nSPS) is 11.9. The highest BCUT2D eigenvalue weighted by Crippen LogP contribution is 2.17. The van der Waals surface area contributed by atoms with Crippen LogP contribution in [0.1, 0.15) is 38.1 Å². The van der Waals surface area contributed by atoms with Crippen LogP contribution in [0.25, 0.3) is 0 Å². The lowest BCUT2D eigenvalue weighted by molar-refractivity contribution is -0.123. The van der Waals surface area contributed by atoms with Gasteiger partial charge in [0.2, 0.25) is 0 Å². The van der Waals surface area contributed by atoms with Gasteiger partial charge in [-0.1, -0.05) is 0 Å². The molecule has 2 amide bonds. The number of hydrogen-bond acceptors (Lipinski definition) is 5. The van der Waals surface area contributed by atoms with E-state index in [1.807, 2.05) is 0 Å². The predicted octanol–water partition coefficient (Wildman–Crippen LogP) is 4.50. The van der Waals surface area contributed by atoms with Crippen LogP contribution in [0.2, 0.25) is 0 Å². The summed E-state index contributed by atoms with van der Waals surface area (Å²) in [5, 5.41) is 4.74. The lowest BCUT2D eigenvalue weighted by Crippen LogP contribution is -2.30. The van der Waals surface area contributed by atoms with Crippen molar-refractivity contribution in [2.24, 2.45) is 0 Å². The first-order valence-electron chi connectivity index (χ1n) is 9.01. The maximum atomic E-state index is 13.6. The number of halogens is 2. The van der Waals surface area contributed by atoms with Gasteiger partial charge in [0.25, 0.3) is 5.91 Å². The molecule has 2 N–H and O–H groups in total. The van der Waals surface area contributed by atoms with E-state index in [4.69, 9.17) is 9.47 Å². The van der Waals surface area contributed by atoms with E-state index in [2.05, 4.69) is 10.6 Å². The fourth-order valence-electron chi connectivity index (χ4n) is 2.22. The fourth-order valence-corrected chi connectivity index (χ4v) is 2.22. The molecule has 2 aromatic rings. The fraction of sp³-hybridized carbons (Fsp3) is 0.286. The Morgan fingerprint density at radius 2 is 1.60 bits per heavy atom. The molecular weight excluding hydrogens is 398 g/mol. The van der Waals surface area contributed by atoms with Crippen molar-refractivity contribution in [2.75, 3.05) is 10.6 Å². The van der Waals surface area contributed by atoms with Crippen molar-refractivity contribution in [3.8, 4) is 0 Å². The van der Waals surface area contributed by atoms with Crippen LogP contribution in [0.4, 0.5) is 25.0 Å². The number of rotatable bonds is 5. The molecule has 0 saturated carbocycles. The van der Waals surface area contributed by atoms with Gasteiger partial charge in [-0.05, 0) is 64.1 Å².